The van der Waals surface area contributed by atoms with E-state index in [9.17, 15) is 10.2 Å². The van der Waals surface area contributed by atoms with E-state index in [1.54, 1.807) is 0 Å². The third kappa shape index (κ3) is 4.59. The molecular formula is C20H38N2O4. The van der Waals surface area contributed by atoms with Gasteiger partial charge in [-0.25, -0.2) is 0 Å². The minimum Gasteiger partial charge on any atom is -0.392 e. The predicted molar refractivity (Wildman–Crippen MR) is 101 cm³/mol. The second-order valence-corrected chi connectivity index (χ2v) is 8.92. The molecule has 26 heavy (non-hydrogen) atoms. The molecule has 0 saturated heterocycles. The summed E-state index contributed by atoms with van der Waals surface area (Å²) in [7, 11) is 0. The van der Waals surface area contributed by atoms with Gasteiger partial charge in [0.2, 0.25) is 0 Å². The third-order valence-electron chi connectivity index (χ3n) is 7.08. The van der Waals surface area contributed by atoms with Gasteiger partial charge in [-0.15, -0.1) is 0 Å². The van der Waals surface area contributed by atoms with Gasteiger partial charge in [-0.05, 0) is 63.2 Å². The smallest absolute Gasteiger partial charge is 0.0695 e. The SMILES string of the molecule is CC1C(OC2CCCC(OC3CCC(O)C(N)C3C)C2)CCC(O)C1N. The maximum atomic E-state index is 9.93. The molecule has 3 aliphatic rings. The second kappa shape index (κ2) is 8.84. The lowest BCUT2D eigenvalue weighted by molar-refractivity contribution is -0.137. The lowest BCUT2D eigenvalue weighted by Crippen LogP contribution is -2.52. The minimum atomic E-state index is -0.403. The average molecular weight is 371 g/mol. The summed E-state index contributed by atoms with van der Waals surface area (Å²) in [6, 6.07) is -0.388. The van der Waals surface area contributed by atoms with E-state index in [1.165, 1.54) is 0 Å². The van der Waals surface area contributed by atoms with Crippen LogP contribution in [0, 0.1) is 11.8 Å². The Labute approximate surface area is 157 Å². The lowest BCUT2D eigenvalue weighted by Gasteiger charge is -2.42. The second-order valence-electron chi connectivity index (χ2n) is 8.92. The van der Waals surface area contributed by atoms with Crippen molar-refractivity contribution in [3.05, 3.63) is 0 Å². The van der Waals surface area contributed by atoms with Gasteiger partial charge in [-0.2, -0.15) is 0 Å². The lowest BCUT2D eigenvalue weighted by atomic mass is 9.81. The van der Waals surface area contributed by atoms with Crippen molar-refractivity contribution in [2.45, 2.75) is 114 Å². The van der Waals surface area contributed by atoms with Crippen LogP contribution in [0.3, 0.4) is 0 Å². The number of hydrogen-bond acceptors (Lipinski definition) is 6. The molecule has 3 saturated carbocycles. The summed E-state index contributed by atoms with van der Waals surface area (Å²) in [4.78, 5) is 0. The van der Waals surface area contributed by atoms with Crippen LogP contribution in [0.25, 0.3) is 0 Å². The highest BCUT2D eigenvalue weighted by Crippen LogP contribution is 2.34. The molecule has 6 N–H and O–H groups in total. The standard InChI is InChI=1S/C20H38N2O4/c1-11-17(8-6-15(23)19(11)21)25-13-4-3-5-14(10-13)26-18-9-7-16(24)20(22)12(18)2/h11-20,23-24H,3-10,21-22H2,1-2H3. The van der Waals surface area contributed by atoms with Gasteiger partial charge in [0.15, 0.2) is 0 Å². The van der Waals surface area contributed by atoms with Crippen LogP contribution in [-0.4, -0.2) is 58.9 Å². The summed E-state index contributed by atoms with van der Waals surface area (Å²) in [5.41, 5.74) is 12.2. The molecule has 0 aromatic rings. The molecule has 0 aromatic carbocycles. The van der Waals surface area contributed by atoms with E-state index in [-0.39, 0.29) is 48.3 Å². The summed E-state index contributed by atoms with van der Waals surface area (Å²) >= 11 is 0. The van der Waals surface area contributed by atoms with Gasteiger partial charge in [0.25, 0.3) is 0 Å². The summed E-state index contributed by atoms with van der Waals surface area (Å²) in [6.45, 7) is 4.18. The van der Waals surface area contributed by atoms with Gasteiger partial charge in [0.1, 0.15) is 0 Å². The number of hydrogen-bond donors (Lipinski definition) is 4. The fourth-order valence-electron chi connectivity index (χ4n) is 5.00. The zero-order valence-electron chi connectivity index (χ0n) is 16.3. The Balaban J connectivity index is 1.50. The van der Waals surface area contributed by atoms with E-state index >= 15 is 0 Å². The topological polar surface area (TPSA) is 111 Å². The molecule has 0 amide bonds. The molecule has 0 bridgehead atoms. The van der Waals surface area contributed by atoms with Crippen LogP contribution in [0.4, 0.5) is 0 Å². The van der Waals surface area contributed by atoms with Crippen molar-refractivity contribution >= 4 is 0 Å². The fraction of sp³-hybridized carbons (Fsp3) is 1.00. The van der Waals surface area contributed by atoms with Gasteiger partial charge >= 0.3 is 0 Å². The molecule has 152 valence electrons. The number of nitrogens with two attached hydrogens (primary N) is 2. The Kier molecular flexibility index (Phi) is 6.97. The molecule has 0 heterocycles. The number of aliphatic hydroxyl groups is 2. The molecule has 6 nitrogen and oxygen atoms in total. The molecule has 0 aliphatic heterocycles. The maximum Gasteiger partial charge on any atom is 0.0695 e. The molecule has 6 heteroatoms. The maximum absolute atomic E-state index is 9.93. The molecule has 0 aromatic heterocycles. The van der Waals surface area contributed by atoms with Crippen molar-refractivity contribution in [1.82, 2.24) is 0 Å². The van der Waals surface area contributed by atoms with Crippen LogP contribution in [0.2, 0.25) is 0 Å². The zero-order chi connectivity index (χ0) is 18.8. The Hall–Kier alpha value is -0.240. The van der Waals surface area contributed by atoms with Crippen LogP contribution in [0.5, 0.6) is 0 Å². The summed E-state index contributed by atoms with van der Waals surface area (Å²) in [5.74, 6) is 0.357. The van der Waals surface area contributed by atoms with E-state index in [0.717, 1.165) is 51.4 Å². The Morgan fingerprint density at radius 2 is 1.12 bits per heavy atom. The van der Waals surface area contributed by atoms with E-state index in [0.29, 0.717) is 0 Å². The summed E-state index contributed by atoms with van der Waals surface area (Å²) in [5, 5.41) is 19.9. The van der Waals surface area contributed by atoms with E-state index in [1.807, 2.05) is 0 Å². The van der Waals surface area contributed by atoms with E-state index in [2.05, 4.69) is 13.8 Å². The van der Waals surface area contributed by atoms with Gasteiger partial charge in [0, 0.05) is 12.1 Å². The molecule has 10 atom stereocenters. The normalized spacial score (nSPS) is 50.5. The monoisotopic (exact) mass is 370 g/mol. The van der Waals surface area contributed by atoms with Crippen molar-refractivity contribution in [2.75, 3.05) is 0 Å². The van der Waals surface area contributed by atoms with Gasteiger partial charge in [0.05, 0.1) is 36.6 Å². The summed E-state index contributed by atoms with van der Waals surface area (Å²) < 4.78 is 12.8. The number of rotatable bonds is 4. The third-order valence-corrected chi connectivity index (χ3v) is 7.08. The largest absolute Gasteiger partial charge is 0.392 e. The average Bonchev–Trinajstić information content (AvgIpc) is 2.63. The molecule has 0 radical (unpaired) electrons. The molecule has 0 spiro atoms. The first-order chi connectivity index (χ1) is 12.4. The van der Waals surface area contributed by atoms with Crippen molar-refractivity contribution in [3.63, 3.8) is 0 Å². The highest BCUT2D eigenvalue weighted by atomic mass is 16.5. The van der Waals surface area contributed by atoms with Crippen LogP contribution < -0.4 is 11.5 Å². The van der Waals surface area contributed by atoms with E-state index < -0.39 is 12.2 Å². The number of aliphatic hydroxyl groups excluding tert-OH is 2. The van der Waals surface area contributed by atoms with Crippen molar-refractivity contribution in [3.8, 4) is 0 Å². The Morgan fingerprint density at radius 3 is 1.54 bits per heavy atom. The zero-order valence-corrected chi connectivity index (χ0v) is 16.3. The number of ether oxygens (including phenoxy) is 2. The Bertz CT molecular complexity index is 414. The quantitative estimate of drug-likeness (QED) is 0.594. The molecule has 3 aliphatic carbocycles. The van der Waals surface area contributed by atoms with Gasteiger partial charge < -0.3 is 31.2 Å². The molecule has 3 rings (SSSR count). The molecular weight excluding hydrogens is 332 g/mol. The van der Waals surface area contributed by atoms with Crippen LogP contribution in [0.1, 0.15) is 65.2 Å². The minimum absolute atomic E-state index is 0.134. The van der Waals surface area contributed by atoms with Crippen LogP contribution in [-0.2, 0) is 9.47 Å². The highest BCUT2D eigenvalue weighted by molar-refractivity contribution is 4.91. The summed E-state index contributed by atoms with van der Waals surface area (Å²) in [6.07, 6.45) is 7.26. The molecule has 10 unspecified atom stereocenters. The van der Waals surface area contributed by atoms with Crippen LogP contribution >= 0.6 is 0 Å². The highest BCUT2D eigenvalue weighted by Gasteiger charge is 2.38. The van der Waals surface area contributed by atoms with Crippen molar-refractivity contribution < 1.29 is 19.7 Å². The van der Waals surface area contributed by atoms with Crippen molar-refractivity contribution in [1.29, 1.82) is 0 Å². The predicted octanol–water partition coefficient (Wildman–Crippen LogP) is 1.30. The fourth-order valence-corrected chi connectivity index (χ4v) is 5.00. The van der Waals surface area contributed by atoms with Crippen LogP contribution in [0.15, 0.2) is 0 Å². The molecule has 3 fully saturated rings. The van der Waals surface area contributed by atoms with E-state index in [4.69, 9.17) is 20.9 Å². The van der Waals surface area contributed by atoms with Gasteiger partial charge in [-0.3, -0.25) is 0 Å². The van der Waals surface area contributed by atoms with Gasteiger partial charge in [-0.1, -0.05) is 13.8 Å². The first-order valence-corrected chi connectivity index (χ1v) is 10.5. The van der Waals surface area contributed by atoms with Crippen molar-refractivity contribution in [2.24, 2.45) is 23.3 Å². The Morgan fingerprint density at radius 1 is 0.692 bits per heavy atom. The first kappa shape index (κ1) is 20.5. The first-order valence-electron chi connectivity index (χ1n) is 10.5.